The summed E-state index contributed by atoms with van der Waals surface area (Å²) in [6.45, 7) is 0.986. The molecule has 3 heteroatoms. The highest BCUT2D eigenvalue weighted by Gasteiger charge is 2.38. The van der Waals surface area contributed by atoms with Gasteiger partial charge in [-0.15, -0.1) is 0 Å². The number of ketones is 1. The van der Waals surface area contributed by atoms with Crippen molar-refractivity contribution in [3.05, 3.63) is 65.7 Å². The topological polar surface area (TPSA) is 20.3 Å². The van der Waals surface area contributed by atoms with Gasteiger partial charge in [0.1, 0.15) is 5.78 Å². The van der Waals surface area contributed by atoms with Crippen LogP contribution in [-0.4, -0.2) is 23.8 Å². The fourth-order valence-electron chi connectivity index (χ4n) is 3.87. The van der Waals surface area contributed by atoms with Crippen molar-refractivity contribution in [2.75, 3.05) is 23.0 Å². The van der Waals surface area contributed by atoms with Gasteiger partial charge in [0.25, 0.3) is 0 Å². The second-order valence-corrected chi connectivity index (χ2v) is 7.47. The summed E-state index contributed by atoms with van der Waals surface area (Å²) >= 11 is 1.92. The number of Topliss-reactive ketones (excluding diaryl/α,β-unsaturated/α-hetero) is 1. The molecule has 0 aromatic heterocycles. The quantitative estimate of drug-likeness (QED) is 0.829. The summed E-state index contributed by atoms with van der Waals surface area (Å²) in [5.74, 6) is 2.47. The van der Waals surface area contributed by atoms with Gasteiger partial charge in [-0.05, 0) is 29.7 Å². The summed E-state index contributed by atoms with van der Waals surface area (Å²) in [5.41, 5.74) is 3.99. The molecule has 23 heavy (non-hydrogen) atoms. The maximum atomic E-state index is 12.6. The molecule has 0 spiro atoms. The predicted molar refractivity (Wildman–Crippen MR) is 97.1 cm³/mol. The molecule has 4 rings (SSSR count). The maximum absolute atomic E-state index is 12.6. The second kappa shape index (κ2) is 6.40. The highest BCUT2D eigenvalue weighted by molar-refractivity contribution is 7.99. The van der Waals surface area contributed by atoms with Crippen molar-refractivity contribution in [2.24, 2.45) is 5.92 Å². The Morgan fingerprint density at radius 1 is 0.957 bits per heavy atom. The number of hydrogen-bond donors (Lipinski definition) is 0. The fourth-order valence-corrected chi connectivity index (χ4v) is 5.00. The molecule has 0 N–H and O–H groups in total. The summed E-state index contributed by atoms with van der Waals surface area (Å²) in [6.07, 6.45) is 1.77. The van der Waals surface area contributed by atoms with E-state index in [1.165, 1.54) is 16.8 Å². The molecule has 0 bridgehead atoms. The van der Waals surface area contributed by atoms with Crippen LogP contribution < -0.4 is 4.90 Å². The van der Waals surface area contributed by atoms with Gasteiger partial charge in [-0.2, -0.15) is 11.8 Å². The first-order valence-corrected chi connectivity index (χ1v) is 9.50. The highest BCUT2D eigenvalue weighted by Crippen LogP contribution is 2.41. The molecular formula is C20H21NOS. The van der Waals surface area contributed by atoms with Crippen LogP contribution in [0.3, 0.4) is 0 Å². The van der Waals surface area contributed by atoms with Gasteiger partial charge >= 0.3 is 0 Å². The van der Waals surface area contributed by atoms with Crippen LogP contribution in [0.1, 0.15) is 23.6 Å². The zero-order valence-electron chi connectivity index (χ0n) is 13.2. The number of hydrogen-bond acceptors (Lipinski definition) is 3. The number of fused-ring (bicyclic) bond motifs is 1. The Bertz CT molecular complexity index is 700. The number of carbonyl (C=O) groups is 1. The van der Waals surface area contributed by atoms with Gasteiger partial charge in [0.2, 0.25) is 0 Å². The van der Waals surface area contributed by atoms with Crippen molar-refractivity contribution in [3.63, 3.8) is 0 Å². The summed E-state index contributed by atoms with van der Waals surface area (Å²) in [7, 11) is 0. The monoisotopic (exact) mass is 323 g/mol. The van der Waals surface area contributed by atoms with Crippen molar-refractivity contribution in [2.45, 2.75) is 18.9 Å². The first-order valence-electron chi connectivity index (χ1n) is 8.34. The van der Waals surface area contributed by atoms with E-state index in [2.05, 4.69) is 59.5 Å². The Morgan fingerprint density at radius 3 is 2.57 bits per heavy atom. The third-order valence-corrected chi connectivity index (χ3v) is 6.09. The van der Waals surface area contributed by atoms with E-state index in [0.717, 1.165) is 30.9 Å². The molecule has 2 aliphatic heterocycles. The number of carbonyl (C=O) groups excluding carboxylic acids is 1. The standard InChI is InChI=1S/C20H21NOS/c22-19-11-13-23-14-18(19)20-17-9-5-4-6-15(17)10-12-21(20)16-7-2-1-3-8-16/h1-9,18,20H,10-14H2/t18-,20+/m0/s1. The van der Waals surface area contributed by atoms with E-state index in [-0.39, 0.29) is 12.0 Å². The van der Waals surface area contributed by atoms with Crippen molar-refractivity contribution < 1.29 is 4.79 Å². The van der Waals surface area contributed by atoms with E-state index >= 15 is 0 Å². The number of benzene rings is 2. The van der Waals surface area contributed by atoms with Gasteiger partial charge in [-0.3, -0.25) is 4.79 Å². The molecule has 2 nitrogen and oxygen atoms in total. The van der Waals surface area contributed by atoms with Gasteiger partial charge in [-0.1, -0.05) is 42.5 Å². The molecular weight excluding hydrogens is 302 g/mol. The van der Waals surface area contributed by atoms with Crippen LogP contribution >= 0.6 is 11.8 Å². The molecule has 2 aromatic carbocycles. The van der Waals surface area contributed by atoms with Crippen LogP contribution in [0.4, 0.5) is 5.69 Å². The molecule has 2 aromatic rings. The lowest BCUT2D eigenvalue weighted by Gasteiger charge is -2.43. The average molecular weight is 323 g/mol. The Hall–Kier alpha value is -1.74. The van der Waals surface area contributed by atoms with Gasteiger partial charge in [0, 0.05) is 30.2 Å². The molecule has 0 aliphatic carbocycles. The van der Waals surface area contributed by atoms with E-state index in [4.69, 9.17) is 0 Å². The minimum absolute atomic E-state index is 0.107. The van der Waals surface area contributed by atoms with Crippen molar-refractivity contribution in [1.29, 1.82) is 0 Å². The lowest BCUT2D eigenvalue weighted by atomic mass is 9.82. The average Bonchev–Trinajstić information content (AvgIpc) is 2.62. The zero-order valence-corrected chi connectivity index (χ0v) is 14.0. The smallest absolute Gasteiger partial charge is 0.140 e. The largest absolute Gasteiger partial charge is 0.363 e. The number of para-hydroxylation sites is 1. The van der Waals surface area contributed by atoms with Gasteiger partial charge in [0.15, 0.2) is 0 Å². The summed E-state index contributed by atoms with van der Waals surface area (Å²) in [4.78, 5) is 15.1. The second-order valence-electron chi connectivity index (χ2n) is 6.32. The number of rotatable bonds is 2. The molecule has 1 fully saturated rings. The third-order valence-electron chi connectivity index (χ3n) is 5.00. The minimum Gasteiger partial charge on any atom is -0.363 e. The van der Waals surface area contributed by atoms with Crippen LogP contribution in [0, 0.1) is 5.92 Å². The lowest BCUT2D eigenvalue weighted by Crippen LogP contribution is -2.44. The molecule has 2 aliphatic rings. The van der Waals surface area contributed by atoms with E-state index < -0.39 is 0 Å². The first-order chi connectivity index (χ1) is 11.3. The lowest BCUT2D eigenvalue weighted by molar-refractivity contribution is -0.122. The Morgan fingerprint density at radius 2 is 1.74 bits per heavy atom. The number of nitrogens with zero attached hydrogens (tertiary/aromatic N) is 1. The Kier molecular flexibility index (Phi) is 4.13. The Labute approximate surface area is 141 Å². The van der Waals surface area contributed by atoms with E-state index in [0.29, 0.717) is 5.78 Å². The van der Waals surface area contributed by atoms with Crippen molar-refractivity contribution in [3.8, 4) is 0 Å². The Balaban J connectivity index is 1.78. The summed E-state index contributed by atoms with van der Waals surface area (Å²) in [5, 5.41) is 0. The van der Waals surface area contributed by atoms with E-state index in [1.54, 1.807) is 0 Å². The molecule has 0 radical (unpaired) electrons. The van der Waals surface area contributed by atoms with Gasteiger partial charge < -0.3 is 4.90 Å². The SMILES string of the molecule is O=C1CCSC[C@@H]1[C@H]1c2ccccc2CCN1c1ccccc1. The molecule has 0 amide bonds. The summed E-state index contributed by atoms with van der Waals surface area (Å²) in [6, 6.07) is 19.4. The molecule has 0 saturated carbocycles. The fraction of sp³-hybridized carbons (Fsp3) is 0.350. The molecule has 2 atom stereocenters. The number of anilines is 1. The van der Waals surface area contributed by atoms with Crippen LogP contribution in [-0.2, 0) is 11.2 Å². The molecule has 118 valence electrons. The predicted octanol–water partition coefficient (Wildman–Crippen LogP) is 4.11. The normalized spacial score (nSPS) is 24.3. The minimum atomic E-state index is 0.107. The summed E-state index contributed by atoms with van der Waals surface area (Å²) < 4.78 is 0. The van der Waals surface area contributed by atoms with Crippen LogP contribution in [0.2, 0.25) is 0 Å². The van der Waals surface area contributed by atoms with Crippen LogP contribution in [0.15, 0.2) is 54.6 Å². The van der Waals surface area contributed by atoms with E-state index in [1.807, 2.05) is 11.8 Å². The molecule has 2 heterocycles. The maximum Gasteiger partial charge on any atom is 0.140 e. The molecule has 1 saturated heterocycles. The molecule has 0 unspecified atom stereocenters. The first kappa shape index (κ1) is 14.8. The third kappa shape index (κ3) is 2.78. The van der Waals surface area contributed by atoms with Crippen molar-refractivity contribution in [1.82, 2.24) is 0 Å². The van der Waals surface area contributed by atoms with Gasteiger partial charge in [0.05, 0.1) is 12.0 Å². The number of thioether (sulfide) groups is 1. The van der Waals surface area contributed by atoms with Crippen molar-refractivity contribution >= 4 is 23.2 Å². The zero-order chi connectivity index (χ0) is 15.6. The van der Waals surface area contributed by atoms with Gasteiger partial charge in [-0.25, -0.2) is 0 Å². The van der Waals surface area contributed by atoms with E-state index in [9.17, 15) is 4.79 Å². The van der Waals surface area contributed by atoms with Crippen LogP contribution in [0.25, 0.3) is 0 Å². The highest BCUT2D eigenvalue weighted by atomic mass is 32.2. The van der Waals surface area contributed by atoms with Crippen LogP contribution in [0.5, 0.6) is 0 Å².